The number of aliphatic hydroxyl groups excluding tert-OH is 2. The molecule has 1 saturated heterocycles. The molecule has 23 heteroatoms. The van der Waals surface area contributed by atoms with Gasteiger partial charge in [-0.05, 0) is 49.1 Å². The van der Waals surface area contributed by atoms with E-state index in [1.54, 1.807) is 42.6 Å². The number of carbonyl (C=O) groups excluding carboxylic acids is 4. The number of hydrogen-bond donors (Lipinski definition) is 12. The Balaban J connectivity index is 1.38. The maximum Gasteiger partial charge on any atom is 0.331 e. The molecule has 2 aromatic carbocycles. The number of nitrogens with one attached hydrogen (secondary N) is 6. The number of nitrogens with two attached hydrogens (primary N) is 1. The predicted octanol–water partition coefficient (Wildman–Crippen LogP) is -1.94. The number of aromatic nitrogens is 3. The van der Waals surface area contributed by atoms with Crippen LogP contribution in [0.5, 0.6) is 5.75 Å². The number of nitrogens with zero attached hydrogens (tertiary/aromatic N) is 2. The van der Waals surface area contributed by atoms with E-state index in [0.717, 1.165) is 33.4 Å². The van der Waals surface area contributed by atoms with E-state index in [0.29, 0.717) is 16.5 Å². The van der Waals surface area contributed by atoms with Crippen LogP contribution in [0.4, 0.5) is 4.79 Å². The first-order valence-electron chi connectivity index (χ1n) is 19.4. The molecule has 0 radical (unpaired) electrons. The van der Waals surface area contributed by atoms with Gasteiger partial charge in [-0.3, -0.25) is 33.5 Å². The van der Waals surface area contributed by atoms with Crippen LogP contribution in [0.25, 0.3) is 10.9 Å². The van der Waals surface area contributed by atoms with Crippen molar-refractivity contribution in [3.8, 4) is 5.75 Å². The van der Waals surface area contributed by atoms with Crippen LogP contribution in [0, 0.1) is 0 Å². The number of aromatic amines is 2. The number of carboxylic acids is 2. The number of rotatable bonds is 18. The zero-order valence-corrected chi connectivity index (χ0v) is 33.8. The van der Waals surface area contributed by atoms with Crippen LogP contribution in [0.3, 0.4) is 0 Å². The molecule has 5 rings (SSSR count). The van der Waals surface area contributed by atoms with Gasteiger partial charge in [0.15, 0.2) is 0 Å². The predicted molar refractivity (Wildman–Crippen MR) is 219 cm³/mol. The highest BCUT2D eigenvalue weighted by Crippen LogP contribution is 2.30. The maximum absolute atomic E-state index is 14.0. The number of aliphatic carboxylic acids is 2. The lowest BCUT2D eigenvalue weighted by molar-refractivity contribution is -0.139. The Bertz CT molecular complexity index is 2500. The Labute approximate surface area is 356 Å². The van der Waals surface area contributed by atoms with Crippen molar-refractivity contribution in [2.45, 2.75) is 81.3 Å². The summed E-state index contributed by atoms with van der Waals surface area (Å²) in [4.78, 5) is 109. The van der Waals surface area contributed by atoms with Gasteiger partial charge in [0, 0.05) is 55.5 Å². The second kappa shape index (κ2) is 20.4. The van der Waals surface area contributed by atoms with E-state index in [-0.39, 0.29) is 18.6 Å². The lowest BCUT2D eigenvalue weighted by Gasteiger charge is -2.34. The summed E-state index contributed by atoms with van der Waals surface area (Å²) in [6.07, 6.45) is -3.20. The minimum Gasteiger partial charge on any atom is -0.508 e. The fourth-order valence-electron chi connectivity index (χ4n) is 6.79. The number of likely N-dealkylation sites (N-methyl/N-ethyl adjacent to an activating group) is 1. The largest absolute Gasteiger partial charge is 0.508 e. The molecule has 0 unspecified atom stereocenters. The van der Waals surface area contributed by atoms with Gasteiger partial charge >= 0.3 is 23.7 Å². The molecule has 1 fully saturated rings. The molecule has 336 valence electrons. The Kier molecular flexibility index (Phi) is 15.1. The van der Waals surface area contributed by atoms with Crippen molar-refractivity contribution in [1.82, 2.24) is 40.7 Å². The first-order chi connectivity index (χ1) is 29.8. The van der Waals surface area contributed by atoms with Crippen molar-refractivity contribution in [3.05, 3.63) is 111 Å². The number of amides is 5. The Morgan fingerprint density at radius 3 is 2.35 bits per heavy atom. The van der Waals surface area contributed by atoms with Gasteiger partial charge < -0.3 is 67.2 Å². The summed E-state index contributed by atoms with van der Waals surface area (Å²) in [5.41, 5.74) is 6.28. The molecule has 0 saturated carbocycles. The standard InChI is InChI=1S/C40H47N9O14/c1-19(48(2)36(58)24(41)15-20-6-5-7-22(50)14-20)31(35(57)43-18-28-32(54)33(55)37(63-28)49-13-12-29(51)46-40(49)62)47-34(56)26(10-11-30(52)53)44-39(61)45-27(38(59)60)16-21-17-42-25-9-4-3-8-23(21)25/h3-9,12-14,17-19,24,26-27,31-33,37,42,50,54-55H,10-11,15-16,41H2,1-2H3,(H,43,57)(H,47,56)(H,52,53)(H,59,60)(H2,44,45,61)(H,46,51,62)/b28-18-/t19-,24-,26-,27-,31-,32+,33+,37+/m0/s1. The number of ether oxygens (including phenoxy) is 1. The van der Waals surface area contributed by atoms with Crippen LogP contribution in [-0.2, 0) is 41.6 Å². The van der Waals surface area contributed by atoms with E-state index in [4.69, 9.17) is 10.5 Å². The molecule has 63 heavy (non-hydrogen) atoms. The molecule has 23 nitrogen and oxygen atoms in total. The molecule has 0 aliphatic carbocycles. The molecule has 13 N–H and O–H groups in total. The summed E-state index contributed by atoms with van der Waals surface area (Å²) < 4.78 is 6.32. The lowest BCUT2D eigenvalue weighted by atomic mass is 10.0. The van der Waals surface area contributed by atoms with E-state index in [1.807, 2.05) is 4.98 Å². The third-order valence-electron chi connectivity index (χ3n) is 10.3. The maximum atomic E-state index is 14.0. The number of carbonyl (C=O) groups is 6. The van der Waals surface area contributed by atoms with Crippen molar-refractivity contribution in [2.75, 3.05) is 7.05 Å². The molecule has 2 aromatic heterocycles. The number of carboxylic acid groups (broad SMARTS) is 2. The van der Waals surface area contributed by atoms with Gasteiger partial charge in [0.1, 0.15) is 41.8 Å². The van der Waals surface area contributed by atoms with Gasteiger partial charge in [0.2, 0.25) is 23.9 Å². The van der Waals surface area contributed by atoms with Crippen molar-refractivity contribution in [3.63, 3.8) is 0 Å². The first kappa shape index (κ1) is 46.6. The van der Waals surface area contributed by atoms with Crippen molar-refractivity contribution < 1.29 is 59.0 Å². The van der Waals surface area contributed by atoms with Gasteiger partial charge in [-0.1, -0.05) is 30.3 Å². The minimum atomic E-state index is -1.83. The number of phenolic OH excluding ortho intramolecular Hbond substituents is 1. The number of H-pyrrole nitrogens is 2. The van der Waals surface area contributed by atoms with Gasteiger partial charge in [-0.25, -0.2) is 14.4 Å². The van der Waals surface area contributed by atoms with Gasteiger partial charge in [0.05, 0.1) is 12.1 Å². The van der Waals surface area contributed by atoms with E-state index in [2.05, 4.69) is 26.3 Å². The normalized spacial score (nSPS) is 18.9. The average molecular weight is 878 g/mol. The highest BCUT2D eigenvalue weighted by molar-refractivity contribution is 5.94. The van der Waals surface area contributed by atoms with Crippen LogP contribution < -0.4 is 38.2 Å². The molecule has 0 bridgehead atoms. The van der Waals surface area contributed by atoms with Gasteiger partial charge in [-0.15, -0.1) is 0 Å². The smallest absolute Gasteiger partial charge is 0.331 e. The SMILES string of the molecule is C[C@@H]([C@H](NC(=O)[C@H](CCC(=O)O)NC(=O)N[C@@H](Cc1c[nH]c2ccccc12)C(=O)O)C(=O)N/C=C1\O[C@@H](n2ccc(=O)[nH]c2=O)[C@H](O)[C@@H]1O)N(C)C(=O)[C@@H](N)Cc1cccc(O)c1. The average Bonchev–Trinajstić information content (AvgIpc) is 3.77. The van der Waals surface area contributed by atoms with Crippen LogP contribution >= 0.6 is 0 Å². The number of hydrogen-bond acceptors (Lipinski definition) is 13. The number of aliphatic hydroxyl groups is 2. The van der Waals surface area contributed by atoms with Crippen molar-refractivity contribution in [2.24, 2.45) is 5.73 Å². The summed E-state index contributed by atoms with van der Waals surface area (Å²) in [6.45, 7) is 1.36. The summed E-state index contributed by atoms with van der Waals surface area (Å²) in [5.74, 6) is -6.26. The number of urea groups is 1. The lowest BCUT2D eigenvalue weighted by Crippen LogP contribution is -2.62. The number of para-hydroxylation sites is 1. The second-order valence-corrected chi connectivity index (χ2v) is 14.7. The van der Waals surface area contributed by atoms with Crippen LogP contribution in [0.2, 0.25) is 0 Å². The summed E-state index contributed by atoms with van der Waals surface area (Å²) >= 11 is 0. The first-order valence-corrected chi connectivity index (χ1v) is 19.4. The van der Waals surface area contributed by atoms with E-state index in [1.165, 1.54) is 26.1 Å². The number of fused-ring (bicyclic) bond motifs is 1. The molecule has 1 aliphatic heterocycles. The van der Waals surface area contributed by atoms with Crippen LogP contribution in [0.1, 0.15) is 37.1 Å². The highest BCUT2D eigenvalue weighted by Gasteiger charge is 2.42. The molecule has 5 amide bonds. The molecule has 0 spiro atoms. The van der Waals surface area contributed by atoms with E-state index in [9.17, 15) is 63.9 Å². The summed E-state index contributed by atoms with van der Waals surface area (Å²) in [7, 11) is 1.28. The fourth-order valence-corrected chi connectivity index (χ4v) is 6.79. The molecular formula is C40H47N9O14. The zero-order valence-electron chi connectivity index (χ0n) is 33.8. The Hall–Kier alpha value is -7.50. The number of benzene rings is 2. The van der Waals surface area contributed by atoms with Crippen LogP contribution in [-0.4, -0.2) is 130 Å². The van der Waals surface area contributed by atoms with Crippen molar-refractivity contribution in [1.29, 1.82) is 0 Å². The molecular weight excluding hydrogens is 830 g/mol. The van der Waals surface area contributed by atoms with Crippen molar-refractivity contribution >= 4 is 46.6 Å². The summed E-state index contributed by atoms with van der Waals surface area (Å²) in [6, 6.07) is 5.37. The van der Waals surface area contributed by atoms with E-state index >= 15 is 0 Å². The minimum absolute atomic E-state index is 0.0509. The fraction of sp³-hybridized carbons (Fsp3) is 0.350. The third kappa shape index (κ3) is 11.7. The molecule has 4 aromatic rings. The Morgan fingerprint density at radius 1 is 0.952 bits per heavy atom. The molecule has 1 aliphatic rings. The quantitative estimate of drug-likeness (QED) is 0.0518. The number of phenols is 1. The molecule has 8 atom stereocenters. The monoisotopic (exact) mass is 877 g/mol. The topological polar surface area (TPSA) is 361 Å². The molecule has 3 heterocycles. The number of aromatic hydroxyl groups is 1. The van der Waals surface area contributed by atoms with Gasteiger partial charge in [-0.2, -0.15) is 0 Å². The Morgan fingerprint density at radius 2 is 1.67 bits per heavy atom. The van der Waals surface area contributed by atoms with Crippen LogP contribution in [0.15, 0.2) is 88.5 Å². The summed E-state index contributed by atoms with van der Waals surface area (Å²) in [5, 5.41) is 60.7. The third-order valence-corrected chi connectivity index (χ3v) is 10.3. The zero-order chi connectivity index (χ0) is 46.1. The highest BCUT2D eigenvalue weighted by atomic mass is 16.6. The van der Waals surface area contributed by atoms with E-state index < -0.39 is 114 Å². The second-order valence-electron chi connectivity index (χ2n) is 14.7. The van der Waals surface area contributed by atoms with Gasteiger partial charge in [0.25, 0.3) is 5.56 Å².